The van der Waals surface area contributed by atoms with Gasteiger partial charge in [0, 0.05) is 43.5 Å². The molecule has 1 N–H and O–H groups in total. The maximum atomic E-state index is 14.2. The Morgan fingerprint density at radius 1 is 1.07 bits per heavy atom. The predicted octanol–water partition coefficient (Wildman–Crippen LogP) is 5.06. The van der Waals surface area contributed by atoms with Gasteiger partial charge in [-0.05, 0) is 53.5 Å². The number of H-pyrrole nitrogens is 1. The number of nitrogens with one attached hydrogen (secondary N) is 1. The highest BCUT2D eigenvalue weighted by Crippen LogP contribution is 2.41. The molecular weight excluding hydrogens is 515 g/mol. The molecule has 1 aliphatic heterocycles. The average Bonchev–Trinajstić information content (AvgIpc) is 3.49. The number of imidazole rings is 1. The van der Waals surface area contributed by atoms with Crippen molar-refractivity contribution in [3.05, 3.63) is 110 Å². The van der Waals surface area contributed by atoms with Crippen LogP contribution in [0.5, 0.6) is 5.75 Å². The number of hydrogen-bond acceptors (Lipinski definition) is 7. The van der Waals surface area contributed by atoms with Crippen LogP contribution in [0.4, 0.5) is 4.39 Å². The molecule has 9 nitrogen and oxygen atoms in total. The van der Waals surface area contributed by atoms with Crippen LogP contribution in [0.3, 0.4) is 0 Å². The normalized spacial score (nSPS) is 14.0. The molecule has 1 aliphatic rings. The van der Waals surface area contributed by atoms with Crippen molar-refractivity contribution in [3.63, 3.8) is 0 Å². The number of halogens is 1. The Morgan fingerprint density at radius 3 is 2.67 bits per heavy atom. The molecule has 0 atom stereocenters. The van der Waals surface area contributed by atoms with E-state index in [9.17, 15) is 9.18 Å². The fourth-order valence-corrected chi connectivity index (χ4v) is 5.27. The Morgan fingerprint density at radius 2 is 1.90 bits per heavy atom. The lowest BCUT2D eigenvalue weighted by Gasteiger charge is -2.15. The molecule has 204 valence electrons. The lowest BCUT2D eigenvalue weighted by atomic mass is 9.89. The maximum absolute atomic E-state index is 14.2. The van der Waals surface area contributed by atoms with Gasteiger partial charge in [0.2, 0.25) is 0 Å². The molecule has 0 radical (unpaired) electrons. The fraction of sp³-hybridized carbons (Fsp3) is 0.233. The Labute approximate surface area is 228 Å². The van der Waals surface area contributed by atoms with Crippen LogP contribution in [0.25, 0.3) is 22.2 Å². The molecule has 3 heterocycles. The second-order valence-electron chi connectivity index (χ2n) is 9.63. The third kappa shape index (κ3) is 4.61. The number of ether oxygens (including phenoxy) is 3. The van der Waals surface area contributed by atoms with Crippen molar-refractivity contribution < 1.29 is 23.1 Å². The first-order chi connectivity index (χ1) is 19.5. The second kappa shape index (κ2) is 10.6. The molecule has 0 aliphatic carbocycles. The number of nitrogens with zero attached hydrogens (tertiary/aromatic N) is 3. The molecule has 5 aromatic rings. The first-order valence-electron chi connectivity index (χ1n) is 12.7. The van der Waals surface area contributed by atoms with Gasteiger partial charge in [0.25, 0.3) is 0 Å². The summed E-state index contributed by atoms with van der Waals surface area (Å²) in [5.41, 5.74) is 7.85. The van der Waals surface area contributed by atoms with Gasteiger partial charge in [0.15, 0.2) is 5.82 Å². The minimum atomic E-state index is -0.650. The third-order valence-electron chi connectivity index (χ3n) is 7.06. The maximum Gasteiger partial charge on any atom is 0.439 e. The summed E-state index contributed by atoms with van der Waals surface area (Å²) in [5.74, 6) is 0.465. The van der Waals surface area contributed by atoms with Gasteiger partial charge in [-0.1, -0.05) is 29.4 Å². The van der Waals surface area contributed by atoms with E-state index in [-0.39, 0.29) is 6.61 Å². The molecule has 10 heteroatoms. The Kier molecular flexibility index (Phi) is 6.79. The summed E-state index contributed by atoms with van der Waals surface area (Å²) in [7, 11) is 3.32. The van der Waals surface area contributed by atoms with Gasteiger partial charge in [0.05, 0.1) is 17.6 Å². The van der Waals surface area contributed by atoms with Crippen LogP contribution in [-0.4, -0.2) is 33.9 Å². The molecular formula is C30H27FN4O5. The van der Waals surface area contributed by atoms with Crippen molar-refractivity contribution in [2.24, 2.45) is 0 Å². The number of methoxy groups -OCH3 is 2. The van der Waals surface area contributed by atoms with E-state index in [2.05, 4.69) is 20.8 Å². The quantitative estimate of drug-likeness (QED) is 0.306. The summed E-state index contributed by atoms with van der Waals surface area (Å²) in [6.45, 7) is 3.45. The minimum absolute atomic E-state index is 0.235. The Hall–Kier alpha value is -4.54. The highest BCUT2D eigenvalue weighted by atomic mass is 19.1. The fourth-order valence-electron chi connectivity index (χ4n) is 5.27. The van der Waals surface area contributed by atoms with E-state index in [0.29, 0.717) is 42.5 Å². The average molecular weight is 543 g/mol. The van der Waals surface area contributed by atoms with Gasteiger partial charge in [-0.3, -0.25) is 9.51 Å². The molecule has 0 spiro atoms. The van der Waals surface area contributed by atoms with Crippen LogP contribution >= 0.6 is 0 Å². The molecule has 40 heavy (non-hydrogen) atoms. The lowest BCUT2D eigenvalue weighted by Crippen LogP contribution is -2.07. The van der Waals surface area contributed by atoms with E-state index in [1.54, 1.807) is 20.3 Å². The second-order valence-corrected chi connectivity index (χ2v) is 9.63. The van der Waals surface area contributed by atoms with Crippen LogP contribution in [0.2, 0.25) is 0 Å². The largest absolute Gasteiger partial charge is 0.488 e. The number of aromatic nitrogens is 4. The van der Waals surface area contributed by atoms with Crippen molar-refractivity contribution in [2.75, 3.05) is 14.2 Å². The van der Waals surface area contributed by atoms with Crippen LogP contribution in [0.1, 0.15) is 46.4 Å². The van der Waals surface area contributed by atoms with Crippen molar-refractivity contribution in [1.82, 2.24) is 19.7 Å². The summed E-state index contributed by atoms with van der Waals surface area (Å²) in [6, 6.07) is 16.6. The number of para-hydroxylation sites is 1. The van der Waals surface area contributed by atoms with Gasteiger partial charge >= 0.3 is 5.76 Å². The van der Waals surface area contributed by atoms with Crippen molar-refractivity contribution in [1.29, 1.82) is 0 Å². The van der Waals surface area contributed by atoms with Gasteiger partial charge in [0.1, 0.15) is 30.6 Å². The number of fused-ring (bicyclic) bond motifs is 3. The smallest absolute Gasteiger partial charge is 0.439 e. The first kappa shape index (κ1) is 25.7. The zero-order chi connectivity index (χ0) is 27.8. The predicted molar refractivity (Wildman–Crippen MR) is 146 cm³/mol. The minimum Gasteiger partial charge on any atom is -0.488 e. The molecule has 0 saturated heterocycles. The molecule has 0 unspecified atom stereocenters. The number of benzene rings is 3. The number of hydrogen-bond donors (Lipinski definition) is 1. The van der Waals surface area contributed by atoms with Crippen LogP contribution in [0.15, 0.2) is 63.9 Å². The molecule has 2 aromatic heterocycles. The summed E-state index contributed by atoms with van der Waals surface area (Å²) in [5, 5.41) is 3.88. The third-order valence-corrected chi connectivity index (χ3v) is 7.06. The SMILES string of the molecule is COCc1cccc2c1nc(COC)n2Cc1ccc2c(c1)COc1cc(F)ccc1/C2=C(/C)c1noc(=O)[nH]1. The monoisotopic (exact) mass is 542 g/mol. The summed E-state index contributed by atoms with van der Waals surface area (Å²) < 4.78 is 38.0. The molecule has 3 aromatic carbocycles. The summed E-state index contributed by atoms with van der Waals surface area (Å²) in [6.07, 6.45) is 0. The van der Waals surface area contributed by atoms with Crippen molar-refractivity contribution >= 4 is 22.2 Å². The van der Waals surface area contributed by atoms with E-state index in [1.807, 2.05) is 37.3 Å². The number of allylic oxidation sites excluding steroid dienone is 1. The van der Waals surface area contributed by atoms with Crippen LogP contribution in [0, 0.1) is 5.82 Å². The van der Waals surface area contributed by atoms with Crippen LogP contribution in [-0.2, 0) is 35.8 Å². The summed E-state index contributed by atoms with van der Waals surface area (Å²) >= 11 is 0. The highest BCUT2D eigenvalue weighted by molar-refractivity contribution is 5.99. The molecule has 0 fully saturated rings. The molecule has 6 rings (SSSR count). The van der Waals surface area contributed by atoms with Crippen molar-refractivity contribution in [3.8, 4) is 5.75 Å². The van der Waals surface area contributed by atoms with E-state index >= 15 is 0 Å². The van der Waals surface area contributed by atoms with E-state index in [1.165, 1.54) is 12.1 Å². The molecule has 0 amide bonds. The van der Waals surface area contributed by atoms with Crippen molar-refractivity contribution in [2.45, 2.75) is 33.3 Å². The standard InChI is InChI=1S/C30H27FN4O5/c1-17(29-33-30(36)40-34-29)27-22-9-7-18(11-20(22)15-39-25-12-21(31)8-10-23(25)27)13-35-24-6-4-5-19(14-37-2)28(24)32-26(35)16-38-3/h4-12H,13-16H2,1-3H3,(H,33,34,36)/b27-17-. The van der Waals surface area contributed by atoms with Gasteiger partial charge in [-0.2, -0.15) is 0 Å². The number of aromatic amines is 1. The summed E-state index contributed by atoms with van der Waals surface area (Å²) in [4.78, 5) is 19.2. The van der Waals surface area contributed by atoms with Crippen LogP contribution < -0.4 is 10.5 Å². The highest BCUT2D eigenvalue weighted by Gasteiger charge is 2.24. The van der Waals surface area contributed by atoms with Gasteiger partial charge in [-0.25, -0.2) is 14.2 Å². The Balaban J connectivity index is 1.47. The van der Waals surface area contributed by atoms with E-state index in [4.69, 9.17) is 23.7 Å². The van der Waals surface area contributed by atoms with E-state index in [0.717, 1.165) is 44.7 Å². The zero-order valence-corrected chi connectivity index (χ0v) is 22.3. The lowest BCUT2D eigenvalue weighted by molar-refractivity contribution is 0.175. The number of rotatable bonds is 7. The zero-order valence-electron chi connectivity index (χ0n) is 22.3. The topological polar surface area (TPSA) is 104 Å². The molecule has 0 bridgehead atoms. The van der Waals surface area contributed by atoms with Gasteiger partial charge in [-0.15, -0.1) is 0 Å². The first-order valence-corrected chi connectivity index (χ1v) is 12.7. The Bertz CT molecular complexity index is 1820. The molecule has 0 saturated carbocycles. The van der Waals surface area contributed by atoms with E-state index < -0.39 is 11.6 Å². The van der Waals surface area contributed by atoms with Gasteiger partial charge < -0.3 is 18.8 Å².